The fourth-order valence-corrected chi connectivity index (χ4v) is 2.54. The highest BCUT2D eigenvalue weighted by Gasteiger charge is 2.45. The quantitative estimate of drug-likeness (QED) is 0.578. The second-order valence-corrected chi connectivity index (χ2v) is 5.18. The Morgan fingerprint density at radius 1 is 0.773 bits per heavy atom. The Bertz CT molecular complexity index is 420. The monoisotopic (exact) mass is 315 g/mol. The van der Waals surface area contributed by atoms with Gasteiger partial charge in [-0.25, -0.2) is 0 Å². The molecule has 1 N–H and O–H groups in total. The zero-order valence-corrected chi connectivity index (χ0v) is 13.1. The molecule has 0 saturated heterocycles. The second kappa shape index (κ2) is 7.77. The molecule has 0 unspecified atom stereocenters. The third-order valence-corrected chi connectivity index (χ3v) is 3.16. The van der Waals surface area contributed by atoms with Gasteiger partial charge in [-0.15, -0.1) is 0 Å². The van der Waals surface area contributed by atoms with Gasteiger partial charge in [0.25, 0.3) is 0 Å². The number of amides is 1. The lowest BCUT2D eigenvalue weighted by Gasteiger charge is -2.40. The first-order chi connectivity index (χ1) is 10.2. The largest absolute Gasteiger partial charge is 0.458 e. The molecule has 1 fully saturated rings. The summed E-state index contributed by atoms with van der Waals surface area (Å²) in [7, 11) is 0. The molecule has 1 saturated carbocycles. The summed E-state index contributed by atoms with van der Waals surface area (Å²) in [5, 5.41) is 2.67. The van der Waals surface area contributed by atoms with E-state index in [-0.39, 0.29) is 5.91 Å². The highest BCUT2D eigenvalue weighted by Crippen LogP contribution is 2.28. The topological polar surface area (TPSA) is 108 Å². The van der Waals surface area contributed by atoms with Crippen LogP contribution in [-0.4, -0.2) is 48.2 Å². The lowest BCUT2D eigenvalue weighted by molar-refractivity contribution is -0.192. The van der Waals surface area contributed by atoms with Gasteiger partial charge >= 0.3 is 17.9 Å². The highest BCUT2D eigenvalue weighted by molar-refractivity contribution is 5.73. The molecule has 0 aromatic rings. The number of esters is 3. The fraction of sp³-hybridized carbons (Fsp3) is 0.714. The number of hydrogen-bond acceptors (Lipinski definition) is 7. The van der Waals surface area contributed by atoms with E-state index in [0.29, 0.717) is 12.8 Å². The predicted octanol–water partition coefficient (Wildman–Crippen LogP) is 0.0800. The summed E-state index contributed by atoms with van der Waals surface area (Å²) in [5.41, 5.74) is 0. The first-order valence-electron chi connectivity index (χ1n) is 6.99. The SMILES string of the molecule is CC(=O)N[C@@H]1CC[C@H](OC(C)=O)[C@@H](OC(C)=O)[C@H]1OC(C)=O. The van der Waals surface area contributed by atoms with Gasteiger partial charge in [-0.1, -0.05) is 0 Å². The molecule has 1 aliphatic carbocycles. The molecule has 0 spiro atoms. The normalized spacial score (nSPS) is 27.5. The summed E-state index contributed by atoms with van der Waals surface area (Å²) >= 11 is 0. The summed E-state index contributed by atoms with van der Waals surface area (Å²) in [6.45, 7) is 5.00. The van der Waals surface area contributed by atoms with E-state index in [4.69, 9.17) is 14.2 Å². The van der Waals surface area contributed by atoms with Crippen molar-refractivity contribution in [1.29, 1.82) is 0 Å². The van der Waals surface area contributed by atoms with Gasteiger partial charge < -0.3 is 19.5 Å². The van der Waals surface area contributed by atoms with Crippen LogP contribution in [-0.2, 0) is 33.4 Å². The summed E-state index contributed by atoms with van der Waals surface area (Å²) in [5.74, 6) is -2.00. The van der Waals surface area contributed by atoms with Gasteiger partial charge in [0, 0.05) is 27.7 Å². The van der Waals surface area contributed by atoms with Gasteiger partial charge in [0.05, 0.1) is 6.04 Å². The van der Waals surface area contributed by atoms with Crippen molar-refractivity contribution in [2.45, 2.75) is 64.9 Å². The molecule has 0 aromatic carbocycles. The molecule has 8 heteroatoms. The van der Waals surface area contributed by atoms with Gasteiger partial charge in [0.1, 0.15) is 6.10 Å². The van der Waals surface area contributed by atoms with Crippen LogP contribution in [0, 0.1) is 0 Å². The van der Waals surface area contributed by atoms with Crippen LogP contribution < -0.4 is 5.32 Å². The lowest BCUT2D eigenvalue weighted by Crippen LogP contribution is -2.59. The smallest absolute Gasteiger partial charge is 0.303 e. The Kier molecular flexibility index (Phi) is 6.33. The molecular formula is C14H21NO7. The molecule has 0 radical (unpaired) electrons. The van der Waals surface area contributed by atoms with Gasteiger partial charge in [0.2, 0.25) is 5.91 Å². The summed E-state index contributed by atoms with van der Waals surface area (Å²) < 4.78 is 15.5. The molecule has 0 heterocycles. The van der Waals surface area contributed by atoms with Gasteiger partial charge in [-0.2, -0.15) is 0 Å². The van der Waals surface area contributed by atoms with Gasteiger partial charge in [0.15, 0.2) is 12.2 Å². The minimum absolute atomic E-state index is 0.297. The Balaban J connectivity index is 3.03. The zero-order chi connectivity index (χ0) is 16.9. The van der Waals surface area contributed by atoms with Crippen LogP contribution in [0.4, 0.5) is 0 Å². The number of carbonyl (C=O) groups is 4. The Hall–Kier alpha value is -2.12. The summed E-state index contributed by atoms with van der Waals surface area (Å²) in [6, 6.07) is -0.516. The molecule has 1 rings (SSSR count). The number of nitrogens with one attached hydrogen (secondary N) is 1. The number of ether oxygens (including phenoxy) is 3. The van der Waals surface area contributed by atoms with Gasteiger partial charge in [-0.3, -0.25) is 19.2 Å². The van der Waals surface area contributed by atoms with E-state index in [1.54, 1.807) is 0 Å². The van der Waals surface area contributed by atoms with Crippen LogP contribution in [0.2, 0.25) is 0 Å². The van der Waals surface area contributed by atoms with Crippen LogP contribution in [0.25, 0.3) is 0 Å². The number of rotatable bonds is 4. The standard InChI is InChI=1S/C14H21NO7/c1-7(16)15-11-5-6-12(20-8(2)17)14(22-10(4)19)13(11)21-9(3)18/h11-14H,5-6H2,1-4H3,(H,15,16)/t11-,12+,13+,14-/m1/s1. The van der Waals surface area contributed by atoms with Crippen LogP contribution in [0.3, 0.4) is 0 Å². The van der Waals surface area contributed by atoms with Crippen molar-refractivity contribution in [2.24, 2.45) is 0 Å². The average Bonchev–Trinajstić information content (AvgIpc) is 2.34. The van der Waals surface area contributed by atoms with Crippen molar-refractivity contribution >= 4 is 23.8 Å². The molecular weight excluding hydrogens is 294 g/mol. The molecule has 8 nitrogen and oxygen atoms in total. The summed E-state index contributed by atoms with van der Waals surface area (Å²) in [6.07, 6.45) is -1.80. The summed E-state index contributed by atoms with van der Waals surface area (Å²) in [4.78, 5) is 45.1. The number of hydrogen-bond donors (Lipinski definition) is 1. The minimum Gasteiger partial charge on any atom is -0.458 e. The van der Waals surface area contributed by atoms with Crippen molar-refractivity contribution < 1.29 is 33.4 Å². The van der Waals surface area contributed by atoms with Gasteiger partial charge in [-0.05, 0) is 12.8 Å². The van der Waals surface area contributed by atoms with E-state index < -0.39 is 42.3 Å². The van der Waals surface area contributed by atoms with E-state index >= 15 is 0 Å². The molecule has 1 aliphatic rings. The first kappa shape index (κ1) is 17.9. The van der Waals surface area contributed by atoms with Crippen LogP contribution >= 0.6 is 0 Å². The average molecular weight is 315 g/mol. The third kappa shape index (κ3) is 5.34. The molecule has 22 heavy (non-hydrogen) atoms. The third-order valence-electron chi connectivity index (χ3n) is 3.16. The maximum atomic E-state index is 11.3. The maximum absolute atomic E-state index is 11.3. The first-order valence-corrected chi connectivity index (χ1v) is 6.99. The van der Waals surface area contributed by atoms with Crippen molar-refractivity contribution in [3.05, 3.63) is 0 Å². The van der Waals surface area contributed by atoms with E-state index in [9.17, 15) is 19.2 Å². The molecule has 4 atom stereocenters. The molecule has 0 bridgehead atoms. The molecule has 0 aromatic heterocycles. The second-order valence-electron chi connectivity index (χ2n) is 5.18. The Morgan fingerprint density at radius 2 is 1.27 bits per heavy atom. The predicted molar refractivity (Wildman–Crippen MR) is 73.5 cm³/mol. The molecule has 1 amide bonds. The van der Waals surface area contributed by atoms with E-state index in [1.165, 1.54) is 27.7 Å². The van der Waals surface area contributed by atoms with E-state index in [0.717, 1.165) is 0 Å². The fourth-order valence-electron chi connectivity index (χ4n) is 2.54. The number of carbonyl (C=O) groups excluding carboxylic acids is 4. The zero-order valence-electron chi connectivity index (χ0n) is 13.1. The molecule has 0 aliphatic heterocycles. The Labute approximate surface area is 128 Å². The maximum Gasteiger partial charge on any atom is 0.303 e. The van der Waals surface area contributed by atoms with Crippen LogP contribution in [0.1, 0.15) is 40.5 Å². The van der Waals surface area contributed by atoms with Crippen molar-refractivity contribution in [1.82, 2.24) is 5.32 Å². The Morgan fingerprint density at radius 3 is 1.73 bits per heavy atom. The minimum atomic E-state index is -0.962. The van der Waals surface area contributed by atoms with Crippen LogP contribution in [0.15, 0.2) is 0 Å². The van der Waals surface area contributed by atoms with Crippen molar-refractivity contribution in [3.63, 3.8) is 0 Å². The van der Waals surface area contributed by atoms with E-state index in [2.05, 4.69) is 5.32 Å². The highest BCUT2D eigenvalue weighted by atomic mass is 16.6. The van der Waals surface area contributed by atoms with Crippen molar-refractivity contribution in [2.75, 3.05) is 0 Å². The lowest BCUT2D eigenvalue weighted by atomic mass is 9.87. The van der Waals surface area contributed by atoms with Crippen LogP contribution in [0.5, 0.6) is 0 Å². The van der Waals surface area contributed by atoms with Crippen molar-refractivity contribution in [3.8, 4) is 0 Å². The molecule has 124 valence electrons. The van der Waals surface area contributed by atoms with E-state index in [1.807, 2.05) is 0 Å².